The molecule has 0 bridgehead atoms. The highest BCUT2D eigenvalue weighted by Gasteiger charge is 2.30. The van der Waals surface area contributed by atoms with Gasteiger partial charge in [-0.25, -0.2) is 0 Å². The van der Waals surface area contributed by atoms with Gasteiger partial charge in [0.2, 0.25) is 0 Å². The number of ether oxygens (including phenoxy) is 1. The average Bonchev–Trinajstić information content (AvgIpc) is 3.20. The minimum Gasteiger partial charge on any atom is -0.463 e. The van der Waals surface area contributed by atoms with Gasteiger partial charge in [-0.2, -0.15) is 0 Å². The second-order valence-corrected chi connectivity index (χ2v) is 6.66. The van der Waals surface area contributed by atoms with Crippen LogP contribution in [0.1, 0.15) is 17.0 Å². The van der Waals surface area contributed by atoms with E-state index in [1.807, 2.05) is 0 Å². The van der Waals surface area contributed by atoms with Gasteiger partial charge in [-0.3, -0.25) is 10.1 Å². The molecule has 1 N–H and O–H groups in total. The number of nitrogens with one attached hydrogen (secondary N) is 1. The highest BCUT2D eigenvalue weighted by Crippen LogP contribution is 2.44. The van der Waals surface area contributed by atoms with E-state index in [1.165, 1.54) is 22.3 Å². The summed E-state index contributed by atoms with van der Waals surface area (Å²) in [7, 11) is 0. The van der Waals surface area contributed by atoms with E-state index < -0.39 is 0 Å². The molecular weight excluding hydrogens is 294 g/mol. The summed E-state index contributed by atoms with van der Waals surface area (Å²) >= 11 is 1.73. The first-order valence-corrected chi connectivity index (χ1v) is 8.66. The molecule has 3 nitrogen and oxygen atoms in total. The predicted molar refractivity (Wildman–Crippen MR) is 88.9 cm³/mol. The summed E-state index contributed by atoms with van der Waals surface area (Å²) in [4.78, 5) is 12.1. The van der Waals surface area contributed by atoms with Crippen LogP contribution < -0.4 is 5.32 Å². The van der Waals surface area contributed by atoms with Gasteiger partial charge in [0, 0.05) is 17.5 Å². The van der Waals surface area contributed by atoms with Gasteiger partial charge >= 0.3 is 5.97 Å². The van der Waals surface area contributed by atoms with Crippen LogP contribution in [-0.4, -0.2) is 30.2 Å². The van der Waals surface area contributed by atoms with Crippen molar-refractivity contribution in [1.82, 2.24) is 5.32 Å². The van der Waals surface area contributed by atoms with Crippen LogP contribution in [-0.2, 0) is 9.53 Å². The van der Waals surface area contributed by atoms with E-state index in [4.69, 9.17) is 4.74 Å². The van der Waals surface area contributed by atoms with Gasteiger partial charge in [0.05, 0.1) is 0 Å². The van der Waals surface area contributed by atoms with Crippen molar-refractivity contribution in [1.29, 1.82) is 0 Å². The van der Waals surface area contributed by atoms with Crippen molar-refractivity contribution in [3.63, 3.8) is 0 Å². The largest absolute Gasteiger partial charge is 0.463 e. The lowest BCUT2D eigenvalue weighted by molar-refractivity contribution is -0.145. The Morgan fingerprint density at radius 1 is 1.09 bits per heavy atom. The van der Waals surface area contributed by atoms with Crippen molar-refractivity contribution in [2.75, 3.05) is 18.2 Å². The molecule has 1 aliphatic carbocycles. The molecule has 0 radical (unpaired) electrons. The Labute approximate surface area is 134 Å². The van der Waals surface area contributed by atoms with Gasteiger partial charge in [-0.1, -0.05) is 48.5 Å². The van der Waals surface area contributed by atoms with Crippen LogP contribution >= 0.6 is 11.8 Å². The van der Waals surface area contributed by atoms with E-state index >= 15 is 0 Å². The highest BCUT2D eigenvalue weighted by molar-refractivity contribution is 7.99. The van der Waals surface area contributed by atoms with E-state index in [-0.39, 0.29) is 17.9 Å². The fraction of sp³-hybridized carbons (Fsp3) is 0.278. The lowest BCUT2D eigenvalue weighted by Gasteiger charge is -2.16. The Morgan fingerprint density at radius 3 is 2.32 bits per heavy atom. The standard InChI is InChI=1S/C18H17NO2S/c20-18(17-10-22-11-19-17)21-9-16-14-7-3-1-5-12(14)13-6-2-4-8-15(13)16/h1-8,16-17,19H,9-11H2. The number of carbonyl (C=O) groups excluding carboxylic acids is 1. The van der Waals surface area contributed by atoms with E-state index in [1.54, 1.807) is 11.8 Å². The van der Waals surface area contributed by atoms with Crippen molar-refractivity contribution >= 4 is 17.7 Å². The minimum atomic E-state index is -0.156. The molecule has 0 spiro atoms. The zero-order valence-electron chi connectivity index (χ0n) is 12.1. The van der Waals surface area contributed by atoms with Crippen molar-refractivity contribution in [3.8, 4) is 11.1 Å². The lowest BCUT2D eigenvalue weighted by atomic mass is 9.98. The Bertz CT molecular complexity index is 664. The molecule has 4 heteroatoms. The van der Waals surface area contributed by atoms with E-state index in [0.29, 0.717) is 6.61 Å². The molecule has 22 heavy (non-hydrogen) atoms. The van der Waals surface area contributed by atoms with E-state index in [0.717, 1.165) is 11.6 Å². The smallest absolute Gasteiger partial charge is 0.324 e. The molecule has 0 amide bonds. The van der Waals surface area contributed by atoms with E-state index in [9.17, 15) is 4.79 Å². The maximum Gasteiger partial charge on any atom is 0.324 e. The summed E-state index contributed by atoms with van der Waals surface area (Å²) in [6.07, 6.45) is 0. The summed E-state index contributed by atoms with van der Waals surface area (Å²) in [6.45, 7) is 0.412. The van der Waals surface area contributed by atoms with Gasteiger partial charge in [-0.05, 0) is 22.3 Å². The first-order valence-electron chi connectivity index (χ1n) is 7.50. The van der Waals surface area contributed by atoms with Crippen molar-refractivity contribution in [3.05, 3.63) is 59.7 Å². The van der Waals surface area contributed by atoms with Gasteiger partial charge < -0.3 is 4.74 Å². The Balaban J connectivity index is 1.57. The highest BCUT2D eigenvalue weighted by atomic mass is 32.2. The summed E-state index contributed by atoms with van der Waals surface area (Å²) in [6, 6.07) is 16.6. The van der Waals surface area contributed by atoms with Crippen LogP contribution in [0.4, 0.5) is 0 Å². The van der Waals surface area contributed by atoms with Gasteiger partial charge in [0.1, 0.15) is 12.6 Å². The molecular formula is C18H17NO2S. The number of hydrogen-bond donors (Lipinski definition) is 1. The van der Waals surface area contributed by atoms with Crippen molar-refractivity contribution in [2.24, 2.45) is 0 Å². The third-order valence-electron chi connectivity index (χ3n) is 4.36. The molecule has 1 unspecified atom stereocenters. The number of thioether (sulfide) groups is 1. The number of esters is 1. The summed E-state index contributed by atoms with van der Waals surface area (Å²) < 4.78 is 5.61. The average molecular weight is 311 g/mol. The Morgan fingerprint density at radius 2 is 1.73 bits per heavy atom. The molecule has 2 aliphatic rings. The minimum absolute atomic E-state index is 0.133. The van der Waals surface area contributed by atoms with Crippen LogP contribution in [0.2, 0.25) is 0 Å². The van der Waals surface area contributed by atoms with Gasteiger partial charge in [-0.15, -0.1) is 11.8 Å². The van der Waals surface area contributed by atoms with Crippen molar-refractivity contribution in [2.45, 2.75) is 12.0 Å². The first-order chi connectivity index (χ1) is 10.8. The lowest BCUT2D eigenvalue weighted by Crippen LogP contribution is -2.35. The normalized spacial score (nSPS) is 19.7. The molecule has 1 saturated heterocycles. The van der Waals surface area contributed by atoms with E-state index in [2.05, 4.69) is 53.8 Å². The first kappa shape index (κ1) is 13.9. The van der Waals surface area contributed by atoms with Gasteiger partial charge in [0.25, 0.3) is 0 Å². The maximum atomic E-state index is 12.1. The number of benzene rings is 2. The second-order valence-electron chi connectivity index (χ2n) is 5.63. The number of fused-ring (bicyclic) bond motifs is 3. The van der Waals surface area contributed by atoms with Gasteiger partial charge in [0.15, 0.2) is 0 Å². The Kier molecular flexibility index (Phi) is 3.64. The molecule has 1 aliphatic heterocycles. The molecule has 2 aromatic rings. The number of hydrogen-bond acceptors (Lipinski definition) is 4. The molecule has 0 aromatic heterocycles. The van der Waals surface area contributed by atoms with Crippen LogP contribution in [0, 0.1) is 0 Å². The maximum absolute atomic E-state index is 12.1. The van der Waals surface area contributed by atoms with Crippen LogP contribution in [0.25, 0.3) is 11.1 Å². The third-order valence-corrected chi connectivity index (χ3v) is 5.30. The SMILES string of the molecule is O=C(OCC1c2ccccc2-c2ccccc21)C1CSCN1. The third kappa shape index (κ3) is 2.32. The molecule has 112 valence electrons. The summed E-state index contributed by atoms with van der Waals surface area (Å²) in [5.74, 6) is 1.64. The van der Waals surface area contributed by atoms with Crippen LogP contribution in [0.5, 0.6) is 0 Å². The molecule has 1 heterocycles. The molecule has 4 rings (SSSR count). The van der Waals surface area contributed by atoms with Crippen LogP contribution in [0.15, 0.2) is 48.5 Å². The molecule has 1 atom stereocenters. The second kappa shape index (κ2) is 5.78. The summed E-state index contributed by atoms with van der Waals surface area (Å²) in [5.41, 5.74) is 5.03. The zero-order chi connectivity index (χ0) is 14.9. The predicted octanol–water partition coefficient (Wildman–Crippen LogP) is 3.00. The fourth-order valence-electron chi connectivity index (χ4n) is 3.25. The topological polar surface area (TPSA) is 38.3 Å². The molecule has 0 saturated carbocycles. The van der Waals surface area contributed by atoms with Crippen molar-refractivity contribution < 1.29 is 9.53 Å². The van der Waals surface area contributed by atoms with Crippen LogP contribution in [0.3, 0.4) is 0 Å². The summed E-state index contributed by atoms with van der Waals surface area (Å²) in [5, 5.41) is 3.16. The number of rotatable bonds is 3. The quantitative estimate of drug-likeness (QED) is 0.884. The fourth-order valence-corrected chi connectivity index (χ4v) is 4.18. The Hall–Kier alpha value is -1.78. The molecule has 2 aromatic carbocycles. The molecule has 1 fully saturated rings. The monoisotopic (exact) mass is 311 g/mol. The zero-order valence-corrected chi connectivity index (χ0v) is 12.9. The number of carbonyl (C=O) groups is 1.